The second-order valence-corrected chi connectivity index (χ2v) is 4.42. The van der Waals surface area contributed by atoms with Crippen molar-refractivity contribution in [3.05, 3.63) is 35.7 Å². The number of benzene rings is 1. The highest BCUT2D eigenvalue weighted by Crippen LogP contribution is 2.39. The van der Waals surface area contributed by atoms with Crippen LogP contribution in [0.15, 0.2) is 24.3 Å². The number of aliphatic carboxylic acids is 1. The summed E-state index contributed by atoms with van der Waals surface area (Å²) >= 11 is 0. The van der Waals surface area contributed by atoms with Gasteiger partial charge in [0.15, 0.2) is 5.82 Å². The average Bonchev–Trinajstić information content (AvgIpc) is 3.08. The lowest BCUT2D eigenvalue weighted by Gasteiger charge is -2.08. The maximum atomic E-state index is 10.9. The molecule has 92 valence electrons. The number of hydrogen-bond acceptors (Lipinski definition) is 4. The van der Waals surface area contributed by atoms with Crippen molar-refractivity contribution in [1.82, 2.24) is 20.2 Å². The molecule has 2 aromatic rings. The van der Waals surface area contributed by atoms with E-state index in [1.807, 2.05) is 18.2 Å². The first-order valence-electron chi connectivity index (χ1n) is 5.84. The first kappa shape index (κ1) is 10.9. The van der Waals surface area contributed by atoms with Crippen LogP contribution in [0.2, 0.25) is 0 Å². The largest absolute Gasteiger partial charge is 0.481 e. The smallest absolute Gasteiger partial charge is 0.307 e. The van der Waals surface area contributed by atoms with Gasteiger partial charge in [-0.25, -0.2) is 0 Å². The summed E-state index contributed by atoms with van der Waals surface area (Å²) in [6.07, 6.45) is 2.17. The highest BCUT2D eigenvalue weighted by atomic mass is 16.4. The van der Waals surface area contributed by atoms with E-state index >= 15 is 0 Å². The summed E-state index contributed by atoms with van der Waals surface area (Å²) in [5.41, 5.74) is 1.48. The maximum absolute atomic E-state index is 10.9. The zero-order chi connectivity index (χ0) is 12.5. The van der Waals surface area contributed by atoms with Gasteiger partial charge in [0, 0.05) is 5.92 Å². The minimum atomic E-state index is -0.858. The molecule has 0 spiro atoms. The molecule has 0 radical (unpaired) electrons. The summed E-state index contributed by atoms with van der Waals surface area (Å²) in [5.74, 6) is 0.384. The summed E-state index contributed by atoms with van der Waals surface area (Å²) in [7, 11) is 0. The Kier molecular flexibility index (Phi) is 2.55. The molecule has 3 rings (SSSR count). The van der Waals surface area contributed by atoms with Crippen LogP contribution in [0.25, 0.3) is 5.69 Å². The number of nitrogens with zero attached hydrogens (tertiary/aromatic N) is 4. The third kappa shape index (κ3) is 1.97. The van der Waals surface area contributed by atoms with Gasteiger partial charge >= 0.3 is 5.97 Å². The number of carboxylic acid groups (broad SMARTS) is 1. The lowest BCUT2D eigenvalue weighted by Crippen LogP contribution is -2.09. The van der Waals surface area contributed by atoms with Crippen molar-refractivity contribution in [3.63, 3.8) is 0 Å². The predicted octanol–water partition coefficient (Wildman–Crippen LogP) is 1.17. The van der Waals surface area contributed by atoms with Crippen LogP contribution in [0.1, 0.15) is 30.1 Å². The number of rotatable bonds is 4. The van der Waals surface area contributed by atoms with Gasteiger partial charge in [-0.15, -0.1) is 5.10 Å². The molecular weight excluding hydrogens is 232 g/mol. The van der Waals surface area contributed by atoms with E-state index in [9.17, 15) is 4.79 Å². The predicted molar refractivity (Wildman–Crippen MR) is 62.5 cm³/mol. The number of para-hydroxylation sites is 1. The summed E-state index contributed by atoms with van der Waals surface area (Å²) in [6.45, 7) is 0. The molecule has 6 heteroatoms. The third-order valence-electron chi connectivity index (χ3n) is 3.00. The highest BCUT2D eigenvalue weighted by Gasteiger charge is 2.30. The number of carbonyl (C=O) groups is 1. The quantitative estimate of drug-likeness (QED) is 0.873. The van der Waals surface area contributed by atoms with Crippen LogP contribution in [0.4, 0.5) is 0 Å². The van der Waals surface area contributed by atoms with E-state index in [-0.39, 0.29) is 6.42 Å². The fraction of sp³-hybridized carbons (Fsp3) is 0.333. The zero-order valence-corrected chi connectivity index (χ0v) is 9.65. The lowest BCUT2D eigenvalue weighted by molar-refractivity contribution is -0.136. The standard InChI is InChI=1S/C12H12N4O2/c17-11(18)7-9-3-1-2-4-10(9)16-12(8-5-6-8)13-14-15-16/h1-4,8H,5-7H2,(H,17,18). The first-order valence-corrected chi connectivity index (χ1v) is 5.84. The Morgan fingerprint density at radius 3 is 2.89 bits per heavy atom. The fourth-order valence-electron chi connectivity index (χ4n) is 1.99. The molecule has 1 aliphatic carbocycles. The maximum Gasteiger partial charge on any atom is 0.307 e. The van der Waals surface area contributed by atoms with Gasteiger partial charge in [-0.1, -0.05) is 18.2 Å². The van der Waals surface area contributed by atoms with Crippen molar-refractivity contribution < 1.29 is 9.90 Å². The van der Waals surface area contributed by atoms with Gasteiger partial charge in [0.1, 0.15) is 0 Å². The lowest BCUT2D eigenvalue weighted by atomic mass is 10.1. The van der Waals surface area contributed by atoms with Gasteiger partial charge in [0.05, 0.1) is 12.1 Å². The van der Waals surface area contributed by atoms with Crippen LogP contribution >= 0.6 is 0 Å². The van der Waals surface area contributed by atoms with Gasteiger partial charge in [-0.2, -0.15) is 4.68 Å². The number of tetrazole rings is 1. The van der Waals surface area contributed by atoms with E-state index in [0.717, 1.165) is 29.9 Å². The van der Waals surface area contributed by atoms with E-state index in [1.54, 1.807) is 10.7 Å². The van der Waals surface area contributed by atoms with Gasteiger partial charge in [-0.05, 0) is 34.9 Å². The van der Waals surface area contributed by atoms with E-state index in [0.29, 0.717) is 5.92 Å². The average molecular weight is 244 g/mol. The molecule has 6 nitrogen and oxygen atoms in total. The topological polar surface area (TPSA) is 80.9 Å². The van der Waals surface area contributed by atoms with E-state index < -0.39 is 5.97 Å². The zero-order valence-electron chi connectivity index (χ0n) is 9.65. The van der Waals surface area contributed by atoms with Gasteiger partial charge in [0.2, 0.25) is 0 Å². The first-order chi connectivity index (χ1) is 8.75. The molecule has 1 aromatic carbocycles. The van der Waals surface area contributed by atoms with Crippen LogP contribution in [-0.2, 0) is 11.2 Å². The van der Waals surface area contributed by atoms with Crippen LogP contribution in [0.5, 0.6) is 0 Å². The summed E-state index contributed by atoms with van der Waals surface area (Å²) in [6, 6.07) is 7.32. The van der Waals surface area contributed by atoms with Crippen molar-refractivity contribution in [2.24, 2.45) is 0 Å². The number of carboxylic acids is 1. The van der Waals surface area contributed by atoms with Crippen molar-refractivity contribution in [2.45, 2.75) is 25.2 Å². The summed E-state index contributed by atoms with van der Waals surface area (Å²) < 4.78 is 1.66. The summed E-state index contributed by atoms with van der Waals surface area (Å²) in [4.78, 5) is 10.9. The van der Waals surface area contributed by atoms with Crippen LogP contribution in [0.3, 0.4) is 0 Å². The van der Waals surface area contributed by atoms with Crippen molar-refractivity contribution >= 4 is 5.97 Å². The minimum Gasteiger partial charge on any atom is -0.481 e. The molecule has 0 bridgehead atoms. The Bertz CT molecular complexity index is 589. The molecule has 1 aromatic heterocycles. The Hall–Kier alpha value is -2.24. The Labute approximate surface area is 103 Å². The highest BCUT2D eigenvalue weighted by molar-refractivity contribution is 5.71. The Balaban J connectivity index is 2.04. The Morgan fingerprint density at radius 2 is 2.17 bits per heavy atom. The van der Waals surface area contributed by atoms with Gasteiger partial charge in [0.25, 0.3) is 0 Å². The molecule has 0 atom stereocenters. The molecule has 1 saturated carbocycles. The molecule has 1 heterocycles. The SMILES string of the molecule is O=C(O)Cc1ccccc1-n1nnnc1C1CC1. The Morgan fingerprint density at radius 1 is 1.39 bits per heavy atom. The summed E-state index contributed by atoms with van der Waals surface area (Å²) in [5, 5.41) is 20.6. The number of aromatic nitrogens is 4. The van der Waals surface area contributed by atoms with E-state index in [2.05, 4.69) is 15.5 Å². The molecular formula is C12H12N4O2. The molecule has 0 amide bonds. The molecule has 1 N–H and O–H groups in total. The molecule has 18 heavy (non-hydrogen) atoms. The van der Waals surface area contributed by atoms with Crippen molar-refractivity contribution in [3.8, 4) is 5.69 Å². The number of hydrogen-bond donors (Lipinski definition) is 1. The van der Waals surface area contributed by atoms with Gasteiger partial charge < -0.3 is 5.11 Å². The minimum absolute atomic E-state index is 0.0276. The van der Waals surface area contributed by atoms with Crippen molar-refractivity contribution in [2.75, 3.05) is 0 Å². The second-order valence-electron chi connectivity index (χ2n) is 4.42. The van der Waals surface area contributed by atoms with Crippen LogP contribution < -0.4 is 0 Å². The van der Waals surface area contributed by atoms with E-state index in [1.165, 1.54) is 0 Å². The third-order valence-corrected chi connectivity index (χ3v) is 3.00. The second kappa shape index (κ2) is 4.21. The van der Waals surface area contributed by atoms with Crippen LogP contribution in [0, 0.1) is 0 Å². The fourth-order valence-corrected chi connectivity index (χ4v) is 1.99. The normalized spacial score (nSPS) is 14.7. The molecule has 1 aliphatic rings. The van der Waals surface area contributed by atoms with E-state index in [4.69, 9.17) is 5.11 Å². The molecule has 0 saturated heterocycles. The van der Waals surface area contributed by atoms with Crippen LogP contribution in [-0.4, -0.2) is 31.3 Å². The molecule has 0 aliphatic heterocycles. The molecule has 1 fully saturated rings. The monoisotopic (exact) mass is 244 g/mol. The van der Waals surface area contributed by atoms with Gasteiger partial charge in [-0.3, -0.25) is 4.79 Å². The van der Waals surface area contributed by atoms with Crippen molar-refractivity contribution in [1.29, 1.82) is 0 Å². The molecule has 0 unspecified atom stereocenters.